The number of benzene rings is 3. The van der Waals surface area contributed by atoms with Crippen molar-refractivity contribution in [2.45, 2.75) is 12.5 Å². The Bertz CT molecular complexity index is 1190. The molecule has 3 aromatic rings. The number of carboxylic acids is 1. The zero-order chi connectivity index (χ0) is 23.4. The number of carboxylic acid groups (broad SMARTS) is 1. The van der Waals surface area contributed by atoms with Crippen LogP contribution < -0.4 is 19.7 Å². The topological polar surface area (TPSA) is 88.1 Å². The Kier molecular flexibility index (Phi) is 6.31. The minimum Gasteiger partial charge on any atom is -0.497 e. The van der Waals surface area contributed by atoms with Crippen molar-refractivity contribution in [2.24, 2.45) is 0 Å². The van der Waals surface area contributed by atoms with E-state index in [-0.39, 0.29) is 18.0 Å². The lowest BCUT2D eigenvalue weighted by molar-refractivity contribution is -0.136. The number of nitrogens with zero attached hydrogens (tertiary/aromatic N) is 1. The molecule has 0 aliphatic carbocycles. The van der Waals surface area contributed by atoms with Gasteiger partial charge in [0.15, 0.2) is 0 Å². The molecule has 0 fully saturated rings. The van der Waals surface area contributed by atoms with E-state index < -0.39 is 12.0 Å². The van der Waals surface area contributed by atoms with E-state index in [1.54, 1.807) is 30.2 Å². The van der Waals surface area contributed by atoms with E-state index in [9.17, 15) is 14.7 Å². The third-order valence-corrected chi connectivity index (χ3v) is 5.50. The zero-order valence-corrected chi connectivity index (χ0v) is 18.3. The average Bonchev–Trinajstić information content (AvgIpc) is 3.10. The zero-order valence-electron chi connectivity index (χ0n) is 18.3. The molecule has 1 aliphatic heterocycles. The van der Waals surface area contributed by atoms with E-state index >= 15 is 0 Å². The van der Waals surface area contributed by atoms with Crippen LogP contribution in [0.3, 0.4) is 0 Å². The van der Waals surface area contributed by atoms with Gasteiger partial charge in [0.2, 0.25) is 0 Å². The van der Waals surface area contributed by atoms with Crippen LogP contribution in [0.15, 0.2) is 90.1 Å². The van der Waals surface area contributed by atoms with Gasteiger partial charge in [0.1, 0.15) is 17.2 Å². The molecule has 7 heteroatoms. The lowest BCUT2D eigenvalue weighted by atomic mass is 9.95. The summed E-state index contributed by atoms with van der Waals surface area (Å²) in [5.74, 6) is -0.253. The summed E-state index contributed by atoms with van der Waals surface area (Å²) in [6.07, 6.45) is -0.315. The van der Waals surface area contributed by atoms with Crippen molar-refractivity contribution in [3.63, 3.8) is 0 Å². The van der Waals surface area contributed by atoms with Crippen LogP contribution in [0.25, 0.3) is 0 Å². The van der Waals surface area contributed by atoms with Crippen LogP contribution in [0.2, 0.25) is 0 Å². The van der Waals surface area contributed by atoms with Crippen molar-refractivity contribution in [2.75, 3.05) is 24.4 Å². The molecule has 4 rings (SSSR count). The van der Waals surface area contributed by atoms with Crippen LogP contribution >= 0.6 is 0 Å². The Balaban J connectivity index is 1.92. The largest absolute Gasteiger partial charge is 0.497 e. The summed E-state index contributed by atoms with van der Waals surface area (Å²) < 4.78 is 10.9. The minimum atomic E-state index is -1.03. The molecule has 1 aliphatic rings. The number of hydrogen-bond acceptors (Lipinski definition) is 5. The summed E-state index contributed by atoms with van der Waals surface area (Å²) in [6, 6.07) is 23.0. The van der Waals surface area contributed by atoms with Gasteiger partial charge in [0.25, 0.3) is 5.91 Å². The molecule has 33 heavy (non-hydrogen) atoms. The standard InChI is InChI=1S/C26H24N2O5/c1-32-19-13-14-20(22(15-19)33-2)25-21(16-23(29)30)24(27-17-9-5-3-6-10-17)26(31)28(25)18-11-7-4-8-12-18/h3-15,25,27H,16H2,1-2H3,(H,29,30). The molecular weight excluding hydrogens is 420 g/mol. The highest BCUT2D eigenvalue weighted by Crippen LogP contribution is 2.46. The van der Waals surface area contributed by atoms with Gasteiger partial charge in [-0.2, -0.15) is 0 Å². The molecule has 168 valence electrons. The molecule has 0 spiro atoms. The molecule has 2 N–H and O–H groups in total. The van der Waals surface area contributed by atoms with E-state index in [2.05, 4.69) is 5.32 Å². The minimum absolute atomic E-state index is 0.246. The summed E-state index contributed by atoms with van der Waals surface area (Å²) >= 11 is 0. The number of hydrogen-bond donors (Lipinski definition) is 2. The molecule has 7 nitrogen and oxygen atoms in total. The maximum atomic E-state index is 13.8. The fraction of sp³-hybridized carbons (Fsp3) is 0.154. The van der Waals surface area contributed by atoms with E-state index in [0.29, 0.717) is 34.0 Å². The van der Waals surface area contributed by atoms with Crippen molar-refractivity contribution in [1.82, 2.24) is 0 Å². The number of rotatable bonds is 8. The molecule has 1 atom stereocenters. The lowest BCUT2D eigenvalue weighted by Crippen LogP contribution is -2.31. The first kappa shape index (κ1) is 22.0. The fourth-order valence-corrected chi connectivity index (χ4v) is 4.04. The predicted molar refractivity (Wildman–Crippen MR) is 126 cm³/mol. The average molecular weight is 444 g/mol. The van der Waals surface area contributed by atoms with Gasteiger partial charge in [0, 0.05) is 23.0 Å². The van der Waals surface area contributed by atoms with Crippen LogP contribution in [0.4, 0.5) is 11.4 Å². The number of ether oxygens (including phenoxy) is 2. The summed E-state index contributed by atoms with van der Waals surface area (Å²) in [6.45, 7) is 0. The summed E-state index contributed by atoms with van der Waals surface area (Å²) in [7, 11) is 3.09. The number of aliphatic carboxylic acids is 1. The van der Waals surface area contributed by atoms with Gasteiger partial charge >= 0.3 is 5.97 Å². The van der Waals surface area contributed by atoms with E-state index in [1.165, 1.54) is 7.11 Å². The molecule has 1 amide bonds. The van der Waals surface area contributed by atoms with Crippen LogP contribution in [0.5, 0.6) is 11.5 Å². The Morgan fingerprint density at radius 1 is 0.970 bits per heavy atom. The van der Waals surface area contributed by atoms with Crippen molar-refractivity contribution < 1.29 is 24.2 Å². The molecule has 0 bridgehead atoms. The lowest BCUT2D eigenvalue weighted by Gasteiger charge is -2.28. The highest BCUT2D eigenvalue weighted by Gasteiger charge is 2.43. The van der Waals surface area contributed by atoms with Gasteiger partial charge in [-0.1, -0.05) is 36.4 Å². The molecule has 0 saturated heterocycles. The second-order valence-corrected chi connectivity index (χ2v) is 7.48. The van der Waals surface area contributed by atoms with E-state index in [0.717, 1.165) is 0 Å². The molecule has 0 radical (unpaired) electrons. The van der Waals surface area contributed by atoms with E-state index in [1.807, 2.05) is 60.7 Å². The van der Waals surface area contributed by atoms with Gasteiger partial charge in [-0.05, 0) is 42.0 Å². The number of anilines is 2. The second-order valence-electron chi connectivity index (χ2n) is 7.48. The number of nitrogens with one attached hydrogen (secondary N) is 1. The Morgan fingerprint density at radius 3 is 2.24 bits per heavy atom. The summed E-state index contributed by atoms with van der Waals surface area (Å²) in [5, 5.41) is 12.9. The molecule has 0 aromatic heterocycles. The summed E-state index contributed by atoms with van der Waals surface area (Å²) in [5.41, 5.74) is 2.70. The van der Waals surface area contributed by atoms with Gasteiger partial charge in [-0.3, -0.25) is 14.5 Å². The smallest absolute Gasteiger partial charge is 0.307 e. The first-order valence-corrected chi connectivity index (χ1v) is 10.4. The van der Waals surface area contributed by atoms with Crippen molar-refractivity contribution >= 4 is 23.3 Å². The van der Waals surface area contributed by atoms with Crippen LogP contribution in [-0.2, 0) is 9.59 Å². The molecular formula is C26H24N2O5. The third kappa shape index (κ3) is 4.39. The summed E-state index contributed by atoms with van der Waals surface area (Å²) in [4.78, 5) is 27.3. The Labute approximate surface area is 191 Å². The number of carbonyl (C=O) groups excluding carboxylic acids is 1. The first-order chi connectivity index (χ1) is 16.0. The van der Waals surface area contributed by atoms with Crippen molar-refractivity contribution in [1.29, 1.82) is 0 Å². The van der Waals surface area contributed by atoms with Gasteiger partial charge < -0.3 is 19.9 Å². The monoisotopic (exact) mass is 444 g/mol. The van der Waals surface area contributed by atoms with Crippen molar-refractivity contribution in [3.8, 4) is 11.5 Å². The first-order valence-electron chi connectivity index (χ1n) is 10.4. The SMILES string of the molecule is COc1ccc(C2C(CC(=O)O)=C(Nc3ccccc3)C(=O)N2c2ccccc2)c(OC)c1. The number of methoxy groups -OCH3 is 2. The highest BCUT2D eigenvalue weighted by molar-refractivity contribution is 6.12. The predicted octanol–water partition coefficient (Wildman–Crippen LogP) is 4.63. The van der Waals surface area contributed by atoms with Crippen LogP contribution in [0, 0.1) is 0 Å². The maximum Gasteiger partial charge on any atom is 0.307 e. The Morgan fingerprint density at radius 2 is 1.64 bits per heavy atom. The van der Waals surface area contributed by atoms with Crippen LogP contribution in [0.1, 0.15) is 18.0 Å². The normalized spacial score (nSPS) is 15.5. The molecule has 3 aromatic carbocycles. The highest BCUT2D eigenvalue weighted by atomic mass is 16.5. The van der Waals surface area contributed by atoms with Gasteiger partial charge in [-0.15, -0.1) is 0 Å². The number of para-hydroxylation sites is 2. The molecule has 0 saturated carbocycles. The van der Waals surface area contributed by atoms with E-state index in [4.69, 9.17) is 9.47 Å². The van der Waals surface area contributed by atoms with Gasteiger partial charge in [-0.25, -0.2) is 0 Å². The fourth-order valence-electron chi connectivity index (χ4n) is 4.04. The Hall–Kier alpha value is -4.26. The quantitative estimate of drug-likeness (QED) is 0.527. The maximum absolute atomic E-state index is 13.8. The van der Waals surface area contributed by atoms with Gasteiger partial charge in [0.05, 0.1) is 26.7 Å². The second kappa shape index (κ2) is 9.48. The molecule has 1 heterocycles. The number of carbonyl (C=O) groups is 2. The number of amides is 1. The molecule has 1 unspecified atom stereocenters. The third-order valence-electron chi connectivity index (χ3n) is 5.50. The van der Waals surface area contributed by atoms with Crippen LogP contribution in [-0.4, -0.2) is 31.2 Å². The van der Waals surface area contributed by atoms with Crippen molar-refractivity contribution in [3.05, 3.63) is 95.7 Å².